The first-order valence-electron chi connectivity index (χ1n) is 5.14. The van der Waals surface area contributed by atoms with Gasteiger partial charge in [-0.3, -0.25) is 0 Å². The second kappa shape index (κ2) is 5.26. The van der Waals surface area contributed by atoms with Crippen LogP contribution in [0.25, 0.3) is 0 Å². The molecule has 2 aromatic rings. The van der Waals surface area contributed by atoms with Crippen LogP contribution in [0.2, 0.25) is 0 Å². The molecule has 94 valence electrons. The van der Waals surface area contributed by atoms with E-state index in [4.69, 9.17) is 9.84 Å². The van der Waals surface area contributed by atoms with Gasteiger partial charge in [0.1, 0.15) is 18.0 Å². The Labute approximate surface area is 102 Å². The van der Waals surface area contributed by atoms with E-state index in [1.54, 1.807) is 23.3 Å². The molecule has 0 atom stereocenters. The molecule has 0 unspecified atom stereocenters. The first-order chi connectivity index (χ1) is 8.66. The predicted octanol–water partition coefficient (Wildman–Crippen LogP) is 1.19. The summed E-state index contributed by atoms with van der Waals surface area (Å²) < 4.78 is 19.8. The molecular weight excluding hydrogens is 241 g/mol. The molecule has 0 fully saturated rings. The number of rotatable bonds is 5. The van der Waals surface area contributed by atoms with Crippen LogP contribution in [0.3, 0.4) is 0 Å². The highest BCUT2D eigenvalue weighted by Gasteiger charge is 2.14. The van der Waals surface area contributed by atoms with Crippen LogP contribution in [-0.4, -0.2) is 32.2 Å². The zero-order valence-electron chi connectivity index (χ0n) is 9.28. The molecule has 0 aliphatic rings. The minimum Gasteiger partial charge on any atom is -0.477 e. The van der Waals surface area contributed by atoms with Gasteiger partial charge in [-0.05, 0) is 6.07 Å². The van der Waals surface area contributed by atoms with Crippen molar-refractivity contribution < 1.29 is 19.0 Å². The fraction of sp³-hybridized carbons (Fsp3) is 0.182. The third-order valence-electron chi connectivity index (χ3n) is 2.20. The molecule has 1 N–H and O–H groups in total. The van der Waals surface area contributed by atoms with E-state index in [1.807, 2.05) is 0 Å². The van der Waals surface area contributed by atoms with E-state index in [2.05, 4.69) is 9.97 Å². The Morgan fingerprint density at radius 3 is 3.06 bits per heavy atom. The molecule has 0 spiro atoms. The molecule has 7 heteroatoms. The Bertz CT molecular complexity index is 542. The molecule has 2 heterocycles. The number of imidazole rings is 1. The molecule has 0 amide bonds. The Balaban J connectivity index is 2.02. The summed E-state index contributed by atoms with van der Waals surface area (Å²) in [6, 6.07) is 0.877. The Morgan fingerprint density at radius 2 is 2.39 bits per heavy atom. The number of ether oxygens (including phenoxy) is 1. The van der Waals surface area contributed by atoms with E-state index in [9.17, 15) is 9.18 Å². The molecule has 0 radical (unpaired) electrons. The zero-order chi connectivity index (χ0) is 13.0. The van der Waals surface area contributed by atoms with Gasteiger partial charge in [-0.2, -0.15) is 0 Å². The van der Waals surface area contributed by atoms with Crippen LogP contribution in [0.4, 0.5) is 4.39 Å². The quantitative estimate of drug-likeness (QED) is 0.863. The Hall–Kier alpha value is -2.44. The van der Waals surface area contributed by atoms with Gasteiger partial charge < -0.3 is 14.4 Å². The summed E-state index contributed by atoms with van der Waals surface area (Å²) in [5.41, 5.74) is -0.291. The van der Waals surface area contributed by atoms with Gasteiger partial charge in [-0.1, -0.05) is 0 Å². The van der Waals surface area contributed by atoms with Crippen LogP contribution in [-0.2, 0) is 6.54 Å². The lowest BCUT2D eigenvalue weighted by Gasteiger charge is -2.08. The Morgan fingerprint density at radius 1 is 1.56 bits per heavy atom. The third-order valence-corrected chi connectivity index (χ3v) is 2.20. The van der Waals surface area contributed by atoms with E-state index in [-0.39, 0.29) is 18.1 Å². The number of hydrogen-bond donors (Lipinski definition) is 1. The highest BCUT2D eigenvalue weighted by molar-refractivity contribution is 5.90. The summed E-state index contributed by atoms with van der Waals surface area (Å²) in [6.45, 7) is 0.716. The largest absolute Gasteiger partial charge is 0.477 e. The highest BCUT2D eigenvalue weighted by Crippen LogP contribution is 2.16. The van der Waals surface area contributed by atoms with Crippen molar-refractivity contribution in [2.75, 3.05) is 6.61 Å². The van der Waals surface area contributed by atoms with Crippen LogP contribution in [0.15, 0.2) is 31.0 Å². The van der Waals surface area contributed by atoms with Crippen molar-refractivity contribution >= 4 is 5.97 Å². The van der Waals surface area contributed by atoms with Gasteiger partial charge in [0.05, 0.1) is 19.1 Å². The highest BCUT2D eigenvalue weighted by atomic mass is 19.1. The van der Waals surface area contributed by atoms with Gasteiger partial charge in [-0.25, -0.2) is 19.2 Å². The summed E-state index contributed by atoms with van der Waals surface area (Å²) >= 11 is 0. The monoisotopic (exact) mass is 251 g/mol. The number of aromatic carboxylic acids is 1. The number of pyridine rings is 1. The summed E-state index contributed by atoms with van der Waals surface area (Å²) in [4.78, 5) is 18.3. The molecule has 0 bridgehead atoms. The number of carboxylic acids is 1. The molecule has 2 rings (SSSR count). The van der Waals surface area contributed by atoms with Gasteiger partial charge in [-0.15, -0.1) is 0 Å². The average Bonchev–Trinajstić information content (AvgIpc) is 2.84. The van der Waals surface area contributed by atoms with Crippen LogP contribution < -0.4 is 4.74 Å². The number of aromatic nitrogens is 3. The lowest BCUT2D eigenvalue weighted by molar-refractivity contribution is 0.0690. The predicted molar refractivity (Wildman–Crippen MR) is 58.9 cm³/mol. The van der Waals surface area contributed by atoms with Crippen LogP contribution in [0.1, 0.15) is 10.4 Å². The van der Waals surface area contributed by atoms with Gasteiger partial charge in [0.2, 0.25) is 5.88 Å². The summed E-state index contributed by atoms with van der Waals surface area (Å²) in [5, 5.41) is 8.87. The molecule has 0 saturated heterocycles. The SMILES string of the molecule is O=C(O)c1cc(F)cnc1OCCn1ccnc1. The summed E-state index contributed by atoms with van der Waals surface area (Å²) in [7, 11) is 0. The normalized spacial score (nSPS) is 10.3. The van der Waals surface area contributed by atoms with Crippen molar-refractivity contribution in [3.63, 3.8) is 0 Å². The van der Waals surface area contributed by atoms with Crippen molar-refractivity contribution in [2.45, 2.75) is 6.54 Å². The maximum atomic E-state index is 12.9. The molecule has 2 aromatic heterocycles. The van der Waals surface area contributed by atoms with E-state index < -0.39 is 11.8 Å². The van der Waals surface area contributed by atoms with Gasteiger partial charge in [0, 0.05) is 12.4 Å². The molecular formula is C11H10FN3O3. The Kier molecular flexibility index (Phi) is 3.52. The fourth-order valence-electron chi connectivity index (χ4n) is 1.36. The van der Waals surface area contributed by atoms with E-state index in [0.717, 1.165) is 12.3 Å². The zero-order valence-corrected chi connectivity index (χ0v) is 9.28. The topological polar surface area (TPSA) is 77.2 Å². The minimum absolute atomic E-state index is 0.0935. The van der Waals surface area contributed by atoms with Crippen LogP contribution >= 0.6 is 0 Å². The van der Waals surface area contributed by atoms with Crippen LogP contribution in [0.5, 0.6) is 5.88 Å². The third kappa shape index (κ3) is 2.82. The number of carbonyl (C=O) groups is 1. The fourth-order valence-corrected chi connectivity index (χ4v) is 1.36. The smallest absolute Gasteiger partial charge is 0.341 e. The molecule has 18 heavy (non-hydrogen) atoms. The molecule has 0 aliphatic heterocycles. The molecule has 6 nitrogen and oxygen atoms in total. The van der Waals surface area contributed by atoms with Gasteiger partial charge >= 0.3 is 5.97 Å². The minimum atomic E-state index is -1.28. The first kappa shape index (κ1) is 12.0. The van der Waals surface area contributed by atoms with E-state index in [0.29, 0.717) is 6.54 Å². The molecule has 0 saturated carbocycles. The summed E-state index contributed by atoms with van der Waals surface area (Å²) in [5.74, 6) is -2.09. The van der Waals surface area contributed by atoms with Crippen molar-refractivity contribution in [3.05, 3.63) is 42.4 Å². The number of nitrogens with zero attached hydrogens (tertiary/aromatic N) is 3. The second-order valence-corrected chi connectivity index (χ2v) is 3.46. The van der Waals surface area contributed by atoms with Crippen LogP contribution in [0, 0.1) is 5.82 Å². The first-order valence-corrected chi connectivity index (χ1v) is 5.14. The molecule has 0 aromatic carbocycles. The number of halogens is 1. The van der Waals surface area contributed by atoms with Crippen molar-refractivity contribution in [1.82, 2.24) is 14.5 Å². The molecule has 0 aliphatic carbocycles. The number of hydrogen-bond acceptors (Lipinski definition) is 4. The summed E-state index contributed by atoms with van der Waals surface area (Å²) in [6.07, 6.45) is 5.90. The van der Waals surface area contributed by atoms with Crippen molar-refractivity contribution in [2.24, 2.45) is 0 Å². The average molecular weight is 251 g/mol. The second-order valence-electron chi connectivity index (χ2n) is 3.46. The maximum Gasteiger partial charge on any atom is 0.341 e. The number of carboxylic acid groups (broad SMARTS) is 1. The standard InChI is InChI=1S/C11H10FN3O3/c12-8-5-9(11(16)17)10(14-6-8)18-4-3-15-2-1-13-7-15/h1-2,5-7H,3-4H2,(H,16,17). The van der Waals surface area contributed by atoms with Crippen molar-refractivity contribution in [3.8, 4) is 5.88 Å². The van der Waals surface area contributed by atoms with E-state index in [1.165, 1.54) is 0 Å². The van der Waals surface area contributed by atoms with E-state index >= 15 is 0 Å². The van der Waals surface area contributed by atoms with Gasteiger partial charge in [0.25, 0.3) is 0 Å². The van der Waals surface area contributed by atoms with Gasteiger partial charge in [0.15, 0.2) is 0 Å². The maximum absolute atomic E-state index is 12.9. The lowest BCUT2D eigenvalue weighted by atomic mass is 10.3. The van der Waals surface area contributed by atoms with Crippen molar-refractivity contribution in [1.29, 1.82) is 0 Å². The lowest BCUT2D eigenvalue weighted by Crippen LogP contribution is -2.11.